The molecule has 82 valence electrons. The van der Waals surface area contributed by atoms with Crippen molar-refractivity contribution in [3.8, 4) is 11.5 Å². The van der Waals surface area contributed by atoms with Crippen molar-refractivity contribution in [3.63, 3.8) is 0 Å². The van der Waals surface area contributed by atoms with Crippen LogP contribution >= 0.6 is 0 Å². The molecule has 0 bridgehead atoms. The third-order valence-electron chi connectivity index (χ3n) is 1.79. The predicted molar refractivity (Wildman–Crippen MR) is 58.8 cm³/mol. The van der Waals surface area contributed by atoms with Crippen LogP contribution in [-0.4, -0.2) is 19.0 Å². The molecule has 3 heteroatoms. The van der Waals surface area contributed by atoms with E-state index in [9.17, 15) is 4.79 Å². The van der Waals surface area contributed by atoms with Gasteiger partial charge in [-0.2, -0.15) is 0 Å². The van der Waals surface area contributed by atoms with E-state index in [1.54, 1.807) is 18.2 Å². The van der Waals surface area contributed by atoms with E-state index in [-0.39, 0.29) is 6.10 Å². The minimum atomic E-state index is 0.0422. The highest BCUT2D eigenvalue weighted by Gasteiger charge is 2.06. The largest absolute Gasteiger partial charge is 0.494 e. The fourth-order valence-corrected chi connectivity index (χ4v) is 1.22. The molecule has 0 aliphatic carbocycles. The Balaban J connectivity index is 2.96. The topological polar surface area (TPSA) is 35.5 Å². The first kappa shape index (κ1) is 11.6. The molecule has 0 saturated carbocycles. The van der Waals surface area contributed by atoms with Gasteiger partial charge >= 0.3 is 0 Å². The van der Waals surface area contributed by atoms with E-state index in [0.29, 0.717) is 17.9 Å². The second-order valence-electron chi connectivity index (χ2n) is 3.42. The van der Waals surface area contributed by atoms with Gasteiger partial charge in [0.2, 0.25) is 0 Å². The molecule has 0 unspecified atom stereocenters. The molecule has 1 rings (SSSR count). The molecule has 0 N–H and O–H groups in total. The fraction of sp³-hybridized carbons (Fsp3) is 0.417. The average Bonchev–Trinajstić information content (AvgIpc) is 2.18. The predicted octanol–water partition coefficient (Wildman–Crippen LogP) is 2.69. The lowest BCUT2D eigenvalue weighted by Gasteiger charge is -2.13. The molecule has 0 spiro atoms. The zero-order valence-electron chi connectivity index (χ0n) is 9.32. The van der Waals surface area contributed by atoms with Gasteiger partial charge in [-0.3, -0.25) is 4.79 Å². The number of carbonyl (C=O) groups is 1. The van der Waals surface area contributed by atoms with E-state index in [0.717, 1.165) is 12.0 Å². The average molecular weight is 208 g/mol. The Labute approximate surface area is 90.0 Å². The van der Waals surface area contributed by atoms with Crippen molar-refractivity contribution in [1.82, 2.24) is 0 Å². The van der Waals surface area contributed by atoms with Gasteiger partial charge in [0.1, 0.15) is 11.5 Å². The van der Waals surface area contributed by atoms with Crippen molar-refractivity contribution in [2.24, 2.45) is 0 Å². The molecule has 0 saturated heterocycles. The smallest absolute Gasteiger partial charge is 0.153 e. The molecule has 0 aliphatic rings. The van der Waals surface area contributed by atoms with E-state index in [1.807, 2.05) is 20.8 Å². The van der Waals surface area contributed by atoms with E-state index < -0.39 is 0 Å². The molecule has 0 fully saturated rings. The minimum Gasteiger partial charge on any atom is -0.494 e. The zero-order valence-corrected chi connectivity index (χ0v) is 9.32. The maximum atomic E-state index is 10.8. The zero-order chi connectivity index (χ0) is 11.3. The van der Waals surface area contributed by atoms with Gasteiger partial charge in [-0.15, -0.1) is 0 Å². The normalized spacial score (nSPS) is 10.1. The summed E-state index contributed by atoms with van der Waals surface area (Å²) in [6, 6.07) is 5.21. The van der Waals surface area contributed by atoms with Gasteiger partial charge < -0.3 is 9.47 Å². The summed E-state index contributed by atoms with van der Waals surface area (Å²) in [6.45, 7) is 6.35. The Hall–Kier alpha value is -1.51. The van der Waals surface area contributed by atoms with Gasteiger partial charge in [0.15, 0.2) is 6.29 Å². The lowest BCUT2D eigenvalue weighted by molar-refractivity contribution is 0.111. The van der Waals surface area contributed by atoms with Crippen molar-refractivity contribution in [3.05, 3.63) is 23.8 Å². The molecule has 0 aromatic heterocycles. The number of hydrogen-bond acceptors (Lipinski definition) is 3. The molecule has 0 heterocycles. The summed E-state index contributed by atoms with van der Waals surface area (Å²) < 4.78 is 10.8. The second-order valence-corrected chi connectivity index (χ2v) is 3.42. The van der Waals surface area contributed by atoms with Crippen molar-refractivity contribution in [2.75, 3.05) is 6.61 Å². The molecule has 0 radical (unpaired) electrons. The summed E-state index contributed by atoms with van der Waals surface area (Å²) in [7, 11) is 0. The van der Waals surface area contributed by atoms with Crippen LogP contribution in [0.2, 0.25) is 0 Å². The summed E-state index contributed by atoms with van der Waals surface area (Å²) in [4.78, 5) is 10.8. The second kappa shape index (κ2) is 5.39. The molecule has 1 aromatic carbocycles. The first-order valence-electron chi connectivity index (χ1n) is 5.06. The van der Waals surface area contributed by atoms with E-state index >= 15 is 0 Å². The van der Waals surface area contributed by atoms with E-state index in [1.165, 1.54) is 0 Å². The van der Waals surface area contributed by atoms with Crippen LogP contribution in [0.1, 0.15) is 31.1 Å². The Morgan fingerprint density at radius 3 is 2.67 bits per heavy atom. The number of hydrogen-bond donors (Lipinski definition) is 0. The maximum absolute atomic E-state index is 10.8. The van der Waals surface area contributed by atoms with Crippen LogP contribution in [0.5, 0.6) is 11.5 Å². The van der Waals surface area contributed by atoms with E-state index in [4.69, 9.17) is 9.47 Å². The lowest BCUT2D eigenvalue weighted by Crippen LogP contribution is -2.07. The van der Waals surface area contributed by atoms with Crippen LogP contribution < -0.4 is 9.47 Å². The lowest BCUT2D eigenvalue weighted by atomic mass is 10.2. The van der Waals surface area contributed by atoms with Crippen LogP contribution in [0.25, 0.3) is 0 Å². The molecular weight excluding hydrogens is 192 g/mol. The van der Waals surface area contributed by atoms with Crippen molar-refractivity contribution in [1.29, 1.82) is 0 Å². The van der Waals surface area contributed by atoms with E-state index in [2.05, 4.69) is 0 Å². The standard InChI is InChI=1S/C12H16O3/c1-4-14-11-6-5-10(8-13)12(7-11)15-9(2)3/h5-9H,4H2,1-3H3. The highest BCUT2D eigenvalue weighted by Crippen LogP contribution is 2.24. The number of benzene rings is 1. The highest BCUT2D eigenvalue weighted by atomic mass is 16.5. The summed E-state index contributed by atoms with van der Waals surface area (Å²) in [5.74, 6) is 1.30. The minimum absolute atomic E-state index is 0.0422. The van der Waals surface area contributed by atoms with Gasteiger partial charge in [-0.05, 0) is 32.9 Å². The van der Waals surface area contributed by atoms with Gasteiger partial charge in [0, 0.05) is 6.07 Å². The SMILES string of the molecule is CCOc1ccc(C=O)c(OC(C)C)c1. The Kier molecular flexibility index (Phi) is 4.16. The van der Waals surface area contributed by atoms with Crippen molar-refractivity contribution >= 4 is 6.29 Å². The molecule has 3 nitrogen and oxygen atoms in total. The van der Waals surface area contributed by atoms with Gasteiger partial charge in [0.05, 0.1) is 18.3 Å². The van der Waals surface area contributed by atoms with Gasteiger partial charge in [-0.1, -0.05) is 0 Å². The van der Waals surface area contributed by atoms with Crippen molar-refractivity contribution in [2.45, 2.75) is 26.9 Å². The quantitative estimate of drug-likeness (QED) is 0.698. The molecule has 0 aliphatic heterocycles. The Morgan fingerprint density at radius 2 is 2.13 bits per heavy atom. The van der Waals surface area contributed by atoms with Crippen LogP contribution in [0, 0.1) is 0 Å². The molecule has 1 aromatic rings. The third-order valence-corrected chi connectivity index (χ3v) is 1.79. The van der Waals surface area contributed by atoms with Gasteiger partial charge in [0.25, 0.3) is 0 Å². The molecular formula is C12H16O3. The first-order valence-corrected chi connectivity index (χ1v) is 5.06. The fourth-order valence-electron chi connectivity index (χ4n) is 1.22. The summed E-state index contributed by atoms with van der Waals surface area (Å²) in [6.07, 6.45) is 0.827. The van der Waals surface area contributed by atoms with Crippen LogP contribution in [0.15, 0.2) is 18.2 Å². The molecule has 0 amide bonds. The third kappa shape index (κ3) is 3.27. The Bertz CT molecular complexity index is 332. The number of aldehydes is 1. The summed E-state index contributed by atoms with van der Waals surface area (Å²) >= 11 is 0. The number of rotatable bonds is 5. The number of carbonyl (C=O) groups excluding carboxylic acids is 1. The van der Waals surface area contributed by atoms with Crippen LogP contribution in [-0.2, 0) is 0 Å². The van der Waals surface area contributed by atoms with Crippen LogP contribution in [0.3, 0.4) is 0 Å². The summed E-state index contributed by atoms with van der Waals surface area (Å²) in [5, 5.41) is 0. The van der Waals surface area contributed by atoms with Crippen molar-refractivity contribution < 1.29 is 14.3 Å². The first-order chi connectivity index (χ1) is 7.17. The Morgan fingerprint density at radius 1 is 1.40 bits per heavy atom. The number of ether oxygens (including phenoxy) is 2. The molecule has 15 heavy (non-hydrogen) atoms. The molecule has 0 atom stereocenters. The van der Waals surface area contributed by atoms with Crippen LogP contribution in [0.4, 0.5) is 0 Å². The summed E-state index contributed by atoms with van der Waals surface area (Å²) in [5.41, 5.74) is 0.548. The highest BCUT2D eigenvalue weighted by molar-refractivity contribution is 5.79. The monoisotopic (exact) mass is 208 g/mol. The van der Waals surface area contributed by atoms with Gasteiger partial charge in [-0.25, -0.2) is 0 Å². The maximum Gasteiger partial charge on any atom is 0.153 e.